The molecule has 0 unspecified atom stereocenters. The number of carbonyl (C=O) groups is 1. The van der Waals surface area contributed by atoms with Crippen molar-refractivity contribution in [3.63, 3.8) is 0 Å². The number of nitrogens with zero attached hydrogens (tertiary/aromatic N) is 2. The molecule has 1 saturated carbocycles. The molecule has 1 aliphatic carbocycles. The largest absolute Gasteiger partial charge is 0.340 e. The summed E-state index contributed by atoms with van der Waals surface area (Å²) in [5.74, 6) is 0.746. The van der Waals surface area contributed by atoms with E-state index in [0.29, 0.717) is 11.8 Å². The van der Waals surface area contributed by atoms with Gasteiger partial charge in [-0.1, -0.05) is 42.7 Å². The Hall–Kier alpha value is -1.35. The van der Waals surface area contributed by atoms with E-state index >= 15 is 0 Å². The van der Waals surface area contributed by atoms with E-state index in [2.05, 4.69) is 41.0 Å². The van der Waals surface area contributed by atoms with Crippen molar-refractivity contribution in [1.82, 2.24) is 9.80 Å². The van der Waals surface area contributed by atoms with Gasteiger partial charge in [-0.2, -0.15) is 0 Å². The molecule has 3 rings (SSSR count). The summed E-state index contributed by atoms with van der Waals surface area (Å²) in [6.07, 6.45) is 4.71. The van der Waals surface area contributed by atoms with Crippen LogP contribution in [0.3, 0.4) is 0 Å². The standard InChI is InChI=1S/C18H26N2O/c1-15-6-8-16(9-7-15)14-19-10-12-20(13-11-19)18(21)17-4-2-3-5-17/h6-9,17H,2-5,10-14H2,1H3. The van der Waals surface area contributed by atoms with Crippen LogP contribution >= 0.6 is 0 Å². The van der Waals surface area contributed by atoms with E-state index in [0.717, 1.165) is 45.6 Å². The van der Waals surface area contributed by atoms with Gasteiger partial charge in [0.2, 0.25) is 5.91 Å². The van der Waals surface area contributed by atoms with Gasteiger partial charge in [-0.25, -0.2) is 0 Å². The van der Waals surface area contributed by atoms with Gasteiger partial charge < -0.3 is 4.90 Å². The highest BCUT2D eigenvalue weighted by Crippen LogP contribution is 2.27. The van der Waals surface area contributed by atoms with Gasteiger partial charge >= 0.3 is 0 Å². The van der Waals surface area contributed by atoms with Crippen molar-refractivity contribution >= 4 is 5.91 Å². The Morgan fingerprint density at radius 3 is 2.29 bits per heavy atom. The number of benzene rings is 1. The van der Waals surface area contributed by atoms with Crippen LogP contribution in [-0.2, 0) is 11.3 Å². The van der Waals surface area contributed by atoms with Crippen LogP contribution in [0.1, 0.15) is 36.8 Å². The summed E-state index contributed by atoms with van der Waals surface area (Å²) in [5.41, 5.74) is 2.68. The molecule has 1 aromatic rings. The molecule has 2 aliphatic rings. The van der Waals surface area contributed by atoms with E-state index in [4.69, 9.17) is 0 Å². The van der Waals surface area contributed by atoms with Crippen LogP contribution in [0, 0.1) is 12.8 Å². The van der Waals surface area contributed by atoms with Crippen LogP contribution in [0.4, 0.5) is 0 Å². The number of aryl methyl sites for hydroxylation is 1. The SMILES string of the molecule is Cc1ccc(CN2CCN(C(=O)C3CCCC3)CC2)cc1. The lowest BCUT2D eigenvalue weighted by atomic mass is 10.1. The minimum absolute atomic E-state index is 0.327. The van der Waals surface area contributed by atoms with Crippen LogP contribution in [0.2, 0.25) is 0 Å². The molecule has 1 heterocycles. The quantitative estimate of drug-likeness (QED) is 0.853. The summed E-state index contributed by atoms with van der Waals surface area (Å²) in [4.78, 5) is 17.0. The normalized spacial score (nSPS) is 20.9. The lowest BCUT2D eigenvalue weighted by molar-refractivity contribution is -0.137. The Kier molecular flexibility index (Phi) is 4.59. The highest BCUT2D eigenvalue weighted by Gasteiger charge is 2.29. The lowest BCUT2D eigenvalue weighted by Gasteiger charge is -2.36. The van der Waals surface area contributed by atoms with Crippen LogP contribution in [0.25, 0.3) is 0 Å². The van der Waals surface area contributed by atoms with Crippen molar-refractivity contribution < 1.29 is 4.79 Å². The third-order valence-electron chi connectivity index (χ3n) is 4.92. The predicted octanol–water partition coefficient (Wildman–Crippen LogP) is 2.83. The summed E-state index contributed by atoms with van der Waals surface area (Å²) in [5, 5.41) is 0. The molecular formula is C18H26N2O. The average molecular weight is 286 g/mol. The molecule has 0 N–H and O–H groups in total. The first-order chi connectivity index (χ1) is 10.2. The van der Waals surface area contributed by atoms with E-state index in [1.807, 2.05) is 0 Å². The summed E-state index contributed by atoms with van der Waals surface area (Å²) in [7, 11) is 0. The predicted molar refractivity (Wildman–Crippen MR) is 85.0 cm³/mol. The second-order valence-electron chi connectivity index (χ2n) is 6.57. The Labute approximate surface area is 127 Å². The maximum Gasteiger partial charge on any atom is 0.225 e. The molecule has 0 spiro atoms. The van der Waals surface area contributed by atoms with Gasteiger partial charge in [0.1, 0.15) is 0 Å². The van der Waals surface area contributed by atoms with E-state index < -0.39 is 0 Å². The molecule has 1 amide bonds. The Bertz CT molecular complexity index is 468. The maximum absolute atomic E-state index is 12.4. The van der Waals surface area contributed by atoms with Gasteiger partial charge in [0.25, 0.3) is 0 Å². The summed E-state index contributed by atoms with van der Waals surface area (Å²) >= 11 is 0. The van der Waals surface area contributed by atoms with Crippen molar-refractivity contribution in [2.75, 3.05) is 26.2 Å². The van der Waals surface area contributed by atoms with Crippen LogP contribution < -0.4 is 0 Å². The molecule has 1 aliphatic heterocycles. The van der Waals surface area contributed by atoms with Gasteiger partial charge in [-0.3, -0.25) is 9.69 Å². The van der Waals surface area contributed by atoms with Gasteiger partial charge in [0, 0.05) is 38.6 Å². The zero-order valence-electron chi connectivity index (χ0n) is 13.1. The number of hydrogen-bond donors (Lipinski definition) is 0. The molecule has 0 bridgehead atoms. The Morgan fingerprint density at radius 2 is 1.67 bits per heavy atom. The fraction of sp³-hybridized carbons (Fsp3) is 0.611. The molecule has 114 valence electrons. The summed E-state index contributed by atoms with van der Waals surface area (Å²) < 4.78 is 0. The van der Waals surface area contributed by atoms with E-state index in [-0.39, 0.29) is 0 Å². The van der Waals surface area contributed by atoms with Crippen molar-refractivity contribution in [3.8, 4) is 0 Å². The van der Waals surface area contributed by atoms with Crippen molar-refractivity contribution in [1.29, 1.82) is 0 Å². The smallest absolute Gasteiger partial charge is 0.225 e. The third-order valence-corrected chi connectivity index (χ3v) is 4.92. The van der Waals surface area contributed by atoms with Crippen molar-refractivity contribution in [2.45, 2.75) is 39.2 Å². The topological polar surface area (TPSA) is 23.6 Å². The third kappa shape index (κ3) is 3.65. The first-order valence-corrected chi connectivity index (χ1v) is 8.29. The molecule has 1 aromatic carbocycles. The van der Waals surface area contributed by atoms with Crippen LogP contribution in [-0.4, -0.2) is 41.9 Å². The van der Waals surface area contributed by atoms with E-state index in [1.54, 1.807) is 0 Å². The summed E-state index contributed by atoms with van der Waals surface area (Å²) in [6.45, 7) is 6.95. The van der Waals surface area contributed by atoms with Crippen LogP contribution in [0.15, 0.2) is 24.3 Å². The maximum atomic E-state index is 12.4. The monoisotopic (exact) mass is 286 g/mol. The minimum atomic E-state index is 0.327. The van der Waals surface area contributed by atoms with Gasteiger partial charge in [-0.05, 0) is 25.3 Å². The van der Waals surface area contributed by atoms with Gasteiger partial charge in [0.05, 0.1) is 0 Å². The van der Waals surface area contributed by atoms with Crippen molar-refractivity contribution in [2.24, 2.45) is 5.92 Å². The molecule has 3 heteroatoms. The van der Waals surface area contributed by atoms with E-state index in [1.165, 1.54) is 24.0 Å². The molecule has 0 aromatic heterocycles. The minimum Gasteiger partial charge on any atom is -0.340 e. The van der Waals surface area contributed by atoms with Crippen molar-refractivity contribution in [3.05, 3.63) is 35.4 Å². The zero-order chi connectivity index (χ0) is 14.7. The number of hydrogen-bond acceptors (Lipinski definition) is 2. The number of carbonyl (C=O) groups excluding carboxylic acids is 1. The molecule has 3 nitrogen and oxygen atoms in total. The molecule has 1 saturated heterocycles. The Balaban J connectivity index is 1.48. The molecule has 0 atom stereocenters. The number of rotatable bonds is 3. The molecule has 2 fully saturated rings. The van der Waals surface area contributed by atoms with Gasteiger partial charge in [-0.15, -0.1) is 0 Å². The average Bonchev–Trinajstić information content (AvgIpc) is 3.04. The highest BCUT2D eigenvalue weighted by molar-refractivity contribution is 5.79. The number of amides is 1. The lowest BCUT2D eigenvalue weighted by Crippen LogP contribution is -2.49. The second-order valence-corrected chi connectivity index (χ2v) is 6.57. The molecular weight excluding hydrogens is 260 g/mol. The van der Waals surface area contributed by atoms with Gasteiger partial charge in [0.15, 0.2) is 0 Å². The summed E-state index contributed by atoms with van der Waals surface area (Å²) in [6, 6.07) is 8.78. The Morgan fingerprint density at radius 1 is 1.05 bits per heavy atom. The fourth-order valence-corrected chi connectivity index (χ4v) is 3.51. The first kappa shape index (κ1) is 14.6. The highest BCUT2D eigenvalue weighted by atomic mass is 16.2. The molecule has 21 heavy (non-hydrogen) atoms. The van der Waals surface area contributed by atoms with Crippen LogP contribution in [0.5, 0.6) is 0 Å². The second kappa shape index (κ2) is 6.61. The zero-order valence-corrected chi connectivity index (χ0v) is 13.1. The number of piperazine rings is 1. The van der Waals surface area contributed by atoms with E-state index in [9.17, 15) is 4.79 Å². The fourth-order valence-electron chi connectivity index (χ4n) is 3.51. The molecule has 0 radical (unpaired) electrons. The first-order valence-electron chi connectivity index (χ1n) is 8.29.